The first-order valence-corrected chi connectivity index (χ1v) is 7.39. The number of benzene rings is 1. The molecule has 3 unspecified atom stereocenters. The van der Waals surface area contributed by atoms with Crippen molar-refractivity contribution in [1.29, 1.82) is 0 Å². The van der Waals surface area contributed by atoms with E-state index in [0.29, 0.717) is 12.1 Å². The Bertz CT molecular complexity index is 377. The van der Waals surface area contributed by atoms with E-state index in [1.54, 1.807) is 11.1 Å². The molecule has 2 heteroatoms. The zero-order chi connectivity index (χ0) is 11.0. The van der Waals surface area contributed by atoms with Crippen molar-refractivity contribution in [1.82, 2.24) is 5.32 Å². The van der Waals surface area contributed by atoms with Crippen LogP contribution in [0.3, 0.4) is 0 Å². The van der Waals surface area contributed by atoms with Crippen molar-refractivity contribution in [3.05, 3.63) is 35.4 Å². The first-order valence-electron chi connectivity index (χ1n) is 6.34. The highest BCUT2D eigenvalue weighted by atomic mass is 32.2. The molecular weight excluding hydrogens is 214 g/mol. The van der Waals surface area contributed by atoms with Gasteiger partial charge in [0.05, 0.1) is 0 Å². The highest BCUT2D eigenvalue weighted by Crippen LogP contribution is 2.40. The van der Waals surface area contributed by atoms with Gasteiger partial charge in [-0.2, -0.15) is 11.8 Å². The van der Waals surface area contributed by atoms with Gasteiger partial charge >= 0.3 is 0 Å². The zero-order valence-electron chi connectivity index (χ0n) is 9.78. The molecule has 1 heterocycles. The Hall–Kier alpha value is -0.470. The van der Waals surface area contributed by atoms with Crippen molar-refractivity contribution in [2.45, 2.75) is 43.5 Å². The molecule has 1 aromatic rings. The molecule has 0 aromatic heterocycles. The molecule has 1 aromatic carbocycles. The van der Waals surface area contributed by atoms with Crippen molar-refractivity contribution in [2.24, 2.45) is 0 Å². The fourth-order valence-electron chi connectivity index (χ4n) is 2.88. The van der Waals surface area contributed by atoms with Crippen molar-refractivity contribution in [2.75, 3.05) is 5.75 Å². The maximum Gasteiger partial charge on any atom is 0.0445 e. The summed E-state index contributed by atoms with van der Waals surface area (Å²) in [5.74, 6) is 1.29. The number of thioether (sulfide) groups is 1. The molecule has 1 fully saturated rings. The lowest BCUT2D eigenvalue weighted by Crippen LogP contribution is -2.46. The Balaban J connectivity index is 1.90. The minimum absolute atomic E-state index is 0.605. The summed E-state index contributed by atoms with van der Waals surface area (Å²) < 4.78 is 0. The van der Waals surface area contributed by atoms with Gasteiger partial charge in [0, 0.05) is 23.1 Å². The van der Waals surface area contributed by atoms with E-state index in [1.807, 2.05) is 0 Å². The van der Waals surface area contributed by atoms with Crippen LogP contribution in [0.5, 0.6) is 0 Å². The van der Waals surface area contributed by atoms with Crippen LogP contribution in [-0.4, -0.2) is 17.0 Å². The van der Waals surface area contributed by atoms with Gasteiger partial charge in [0.15, 0.2) is 0 Å². The lowest BCUT2D eigenvalue weighted by molar-refractivity contribution is 0.398. The van der Waals surface area contributed by atoms with E-state index in [0.717, 1.165) is 5.25 Å². The van der Waals surface area contributed by atoms with Crippen molar-refractivity contribution >= 4 is 11.8 Å². The quantitative estimate of drug-likeness (QED) is 0.799. The van der Waals surface area contributed by atoms with Crippen molar-refractivity contribution < 1.29 is 0 Å². The maximum atomic E-state index is 3.84. The van der Waals surface area contributed by atoms with Gasteiger partial charge in [-0.1, -0.05) is 31.2 Å². The van der Waals surface area contributed by atoms with Crippen molar-refractivity contribution in [3.8, 4) is 0 Å². The second-order valence-electron chi connectivity index (χ2n) is 4.86. The molecule has 3 atom stereocenters. The fourth-order valence-corrected chi connectivity index (χ4v) is 4.40. The predicted octanol–water partition coefficient (Wildman–Crippen LogP) is 3.16. The normalized spacial score (nSPS) is 32.9. The van der Waals surface area contributed by atoms with Gasteiger partial charge in [-0.25, -0.2) is 0 Å². The van der Waals surface area contributed by atoms with E-state index in [-0.39, 0.29) is 0 Å². The Morgan fingerprint density at radius 3 is 3.12 bits per heavy atom. The topological polar surface area (TPSA) is 12.0 Å². The Morgan fingerprint density at radius 2 is 2.25 bits per heavy atom. The Morgan fingerprint density at radius 1 is 1.38 bits per heavy atom. The molecule has 3 rings (SSSR count). The molecule has 1 N–H and O–H groups in total. The van der Waals surface area contributed by atoms with Gasteiger partial charge in [0.25, 0.3) is 0 Å². The third-order valence-electron chi connectivity index (χ3n) is 3.88. The summed E-state index contributed by atoms with van der Waals surface area (Å²) in [6.07, 6.45) is 3.86. The number of fused-ring (bicyclic) bond motifs is 3. The smallest absolute Gasteiger partial charge is 0.0445 e. The minimum atomic E-state index is 0.605. The van der Waals surface area contributed by atoms with Crippen LogP contribution in [0.25, 0.3) is 0 Å². The standard InChI is InChI=1S/C14H19NS/c1-2-11-9-16-13-8-7-10-5-3-4-6-12(10)14(13)15-11/h3-6,11,13-15H,2,7-9H2,1H3. The van der Waals surface area contributed by atoms with Crippen LogP contribution in [0, 0.1) is 0 Å². The predicted molar refractivity (Wildman–Crippen MR) is 71.0 cm³/mol. The van der Waals surface area contributed by atoms with Gasteiger partial charge in [0.1, 0.15) is 0 Å². The third kappa shape index (κ3) is 1.78. The first-order chi connectivity index (χ1) is 7.88. The van der Waals surface area contributed by atoms with Crippen LogP contribution in [0.1, 0.15) is 36.9 Å². The summed E-state index contributed by atoms with van der Waals surface area (Å²) in [7, 11) is 0. The summed E-state index contributed by atoms with van der Waals surface area (Å²) in [4.78, 5) is 0. The van der Waals surface area contributed by atoms with E-state index in [9.17, 15) is 0 Å². The summed E-state index contributed by atoms with van der Waals surface area (Å²) in [5.41, 5.74) is 3.12. The van der Waals surface area contributed by atoms with Crippen LogP contribution in [0.2, 0.25) is 0 Å². The number of rotatable bonds is 1. The van der Waals surface area contributed by atoms with E-state index >= 15 is 0 Å². The van der Waals surface area contributed by atoms with E-state index in [1.165, 1.54) is 25.0 Å². The maximum absolute atomic E-state index is 3.84. The van der Waals surface area contributed by atoms with E-state index in [4.69, 9.17) is 0 Å². The molecule has 1 saturated heterocycles. The average Bonchev–Trinajstić information content (AvgIpc) is 2.38. The number of nitrogens with one attached hydrogen (secondary N) is 1. The highest BCUT2D eigenvalue weighted by molar-refractivity contribution is 8.00. The largest absolute Gasteiger partial charge is 0.305 e. The summed E-state index contributed by atoms with van der Waals surface area (Å²) >= 11 is 2.18. The van der Waals surface area contributed by atoms with Gasteiger partial charge < -0.3 is 5.32 Å². The van der Waals surface area contributed by atoms with Crippen LogP contribution in [0.15, 0.2) is 24.3 Å². The molecule has 0 bridgehead atoms. The summed E-state index contributed by atoms with van der Waals surface area (Å²) in [6, 6.07) is 10.3. The monoisotopic (exact) mass is 233 g/mol. The van der Waals surface area contributed by atoms with Crippen LogP contribution >= 0.6 is 11.8 Å². The zero-order valence-corrected chi connectivity index (χ0v) is 10.6. The van der Waals surface area contributed by atoms with Crippen LogP contribution in [0.4, 0.5) is 0 Å². The molecule has 0 spiro atoms. The second-order valence-corrected chi connectivity index (χ2v) is 6.13. The molecule has 86 valence electrons. The molecule has 0 saturated carbocycles. The van der Waals surface area contributed by atoms with E-state index < -0.39 is 0 Å². The first kappa shape index (κ1) is 10.7. The number of hydrogen-bond acceptors (Lipinski definition) is 2. The Labute approximate surface area is 102 Å². The van der Waals surface area contributed by atoms with Gasteiger partial charge in [-0.15, -0.1) is 0 Å². The molecular formula is C14H19NS. The van der Waals surface area contributed by atoms with Gasteiger partial charge in [0.2, 0.25) is 0 Å². The molecule has 1 nitrogen and oxygen atoms in total. The molecule has 16 heavy (non-hydrogen) atoms. The van der Waals surface area contributed by atoms with Crippen LogP contribution < -0.4 is 5.32 Å². The van der Waals surface area contributed by atoms with Gasteiger partial charge in [-0.05, 0) is 30.4 Å². The molecule has 0 radical (unpaired) electrons. The number of hydrogen-bond donors (Lipinski definition) is 1. The molecule has 0 amide bonds. The SMILES string of the molecule is CCC1CSC2CCc3ccccc3C2N1. The van der Waals surface area contributed by atoms with Crippen molar-refractivity contribution in [3.63, 3.8) is 0 Å². The molecule has 1 aliphatic heterocycles. The molecule has 1 aliphatic carbocycles. The third-order valence-corrected chi connectivity index (χ3v) is 5.41. The second kappa shape index (κ2) is 4.42. The Kier molecular flexibility index (Phi) is 2.95. The average molecular weight is 233 g/mol. The lowest BCUT2D eigenvalue weighted by atomic mass is 9.86. The lowest BCUT2D eigenvalue weighted by Gasteiger charge is -2.41. The van der Waals surface area contributed by atoms with E-state index in [2.05, 4.69) is 48.3 Å². The number of aryl methyl sites for hydroxylation is 1. The minimum Gasteiger partial charge on any atom is -0.305 e. The van der Waals surface area contributed by atoms with Crippen LogP contribution in [-0.2, 0) is 6.42 Å². The summed E-state index contributed by atoms with van der Waals surface area (Å²) in [6.45, 7) is 2.29. The van der Waals surface area contributed by atoms with Gasteiger partial charge in [-0.3, -0.25) is 0 Å². The fraction of sp³-hybridized carbons (Fsp3) is 0.571. The summed E-state index contributed by atoms with van der Waals surface area (Å²) in [5, 5.41) is 4.64. The molecule has 2 aliphatic rings. The highest BCUT2D eigenvalue weighted by Gasteiger charge is 2.34.